The maximum absolute atomic E-state index is 5.59. The molecule has 1 unspecified atom stereocenters. The first kappa shape index (κ1) is 14.7. The van der Waals surface area contributed by atoms with E-state index in [1.807, 2.05) is 32.0 Å². The summed E-state index contributed by atoms with van der Waals surface area (Å²) in [6, 6.07) is 8.10. The fraction of sp³-hybridized carbons (Fsp3) is 0.286. The van der Waals surface area contributed by atoms with Gasteiger partial charge >= 0.3 is 0 Å². The summed E-state index contributed by atoms with van der Waals surface area (Å²) in [6.45, 7) is 4.61. The van der Waals surface area contributed by atoms with Gasteiger partial charge in [0.15, 0.2) is 0 Å². The Balaban J connectivity index is 2.12. The highest BCUT2D eigenvalue weighted by Crippen LogP contribution is 2.22. The lowest BCUT2D eigenvalue weighted by atomic mass is 10.2. The summed E-state index contributed by atoms with van der Waals surface area (Å²) in [5, 5.41) is 6.48. The van der Waals surface area contributed by atoms with Gasteiger partial charge in [-0.3, -0.25) is 0 Å². The second kappa shape index (κ2) is 6.67. The largest absolute Gasteiger partial charge is 0.366 e. The van der Waals surface area contributed by atoms with Crippen molar-refractivity contribution in [1.29, 1.82) is 0 Å². The van der Waals surface area contributed by atoms with Gasteiger partial charge in [0.25, 0.3) is 0 Å². The van der Waals surface area contributed by atoms with E-state index in [2.05, 4.69) is 42.6 Å². The summed E-state index contributed by atoms with van der Waals surface area (Å²) in [6.07, 6.45) is 1.53. The molecule has 0 aliphatic rings. The van der Waals surface area contributed by atoms with E-state index in [9.17, 15) is 0 Å². The highest BCUT2D eigenvalue weighted by Gasteiger charge is 2.03. The van der Waals surface area contributed by atoms with E-state index < -0.39 is 0 Å². The summed E-state index contributed by atoms with van der Waals surface area (Å²) in [4.78, 5) is 8.39. The maximum atomic E-state index is 5.59. The highest BCUT2D eigenvalue weighted by molar-refractivity contribution is 9.10. The topological polar surface area (TPSA) is 75.9 Å². The van der Waals surface area contributed by atoms with Crippen LogP contribution in [-0.4, -0.2) is 22.6 Å². The molecule has 2 rings (SSSR count). The van der Waals surface area contributed by atoms with Crippen LogP contribution in [-0.2, 0) is 0 Å². The Morgan fingerprint density at radius 2 is 2.00 bits per heavy atom. The minimum absolute atomic E-state index is 0.174. The maximum Gasteiger partial charge on any atom is 0.135 e. The predicted molar refractivity (Wildman–Crippen MR) is 86.3 cm³/mol. The van der Waals surface area contributed by atoms with Crippen LogP contribution in [0.25, 0.3) is 0 Å². The zero-order valence-electron chi connectivity index (χ0n) is 11.5. The molecule has 0 saturated carbocycles. The van der Waals surface area contributed by atoms with Crippen molar-refractivity contribution in [3.05, 3.63) is 40.6 Å². The molecule has 1 aromatic carbocycles. The van der Waals surface area contributed by atoms with Gasteiger partial charge in [-0.25, -0.2) is 9.97 Å². The van der Waals surface area contributed by atoms with E-state index in [1.54, 1.807) is 0 Å². The molecule has 2 aromatic rings. The summed E-state index contributed by atoms with van der Waals surface area (Å²) in [5.41, 5.74) is 7.74. The van der Waals surface area contributed by atoms with Crippen molar-refractivity contribution >= 4 is 33.3 Å². The summed E-state index contributed by atoms with van der Waals surface area (Å²) < 4.78 is 1.09. The van der Waals surface area contributed by atoms with Crippen molar-refractivity contribution in [2.24, 2.45) is 5.73 Å². The normalized spacial score (nSPS) is 12.0. The Morgan fingerprint density at radius 3 is 2.70 bits per heavy atom. The van der Waals surface area contributed by atoms with Crippen LogP contribution in [0.5, 0.6) is 0 Å². The van der Waals surface area contributed by atoms with Crippen LogP contribution in [0.2, 0.25) is 0 Å². The van der Waals surface area contributed by atoms with Crippen LogP contribution < -0.4 is 16.4 Å². The third-order valence-corrected chi connectivity index (χ3v) is 3.74. The van der Waals surface area contributed by atoms with Crippen LogP contribution in [0, 0.1) is 6.92 Å². The van der Waals surface area contributed by atoms with Gasteiger partial charge in [-0.15, -0.1) is 0 Å². The van der Waals surface area contributed by atoms with Gasteiger partial charge in [-0.2, -0.15) is 0 Å². The third-order valence-electron chi connectivity index (χ3n) is 2.85. The monoisotopic (exact) mass is 335 g/mol. The average Bonchev–Trinajstić information content (AvgIpc) is 2.43. The van der Waals surface area contributed by atoms with Crippen molar-refractivity contribution in [3.63, 3.8) is 0 Å². The molecule has 1 aromatic heterocycles. The first-order valence-corrected chi connectivity index (χ1v) is 7.19. The van der Waals surface area contributed by atoms with Crippen LogP contribution in [0.3, 0.4) is 0 Å². The van der Waals surface area contributed by atoms with Gasteiger partial charge in [0, 0.05) is 28.8 Å². The standard InChI is InChI=1S/C14H18BrN5/c1-9-5-11(3-4-12(9)15)20-14-6-13(17-8-18-14)19-10(2)7-16/h3-6,8,10H,7,16H2,1-2H3,(H2,17,18,19,20). The Bertz CT molecular complexity index is 588. The quantitative estimate of drug-likeness (QED) is 0.782. The zero-order valence-corrected chi connectivity index (χ0v) is 13.1. The lowest BCUT2D eigenvalue weighted by Crippen LogP contribution is -2.25. The molecule has 6 heteroatoms. The molecule has 1 heterocycles. The van der Waals surface area contributed by atoms with Gasteiger partial charge < -0.3 is 16.4 Å². The van der Waals surface area contributed by atoms with Crippen LogP contribution >= 0.6 is 15.9 Å². The number of aromatic nitrogens is 2. The lowest BCUT2D eigenvalue weighted by Gasteiger charge is -2.13. The Morgan fingerprint density at radius 1 is 1.25 bits per heavy atom. The number of hydrogen-bond acceptors (Lipinski definition) is 5. The Kier molecular flexibility index (Phi) is 4.92. The summed E-state index contributed by atoms with van der Waals surface area (Å²) in [7, 11) is 0. The molecule has 0 fully saturated rings. The minimum atomic E-state index is 0.174. The summed E-state index contributed by atoms with van der Waals surface area (Å²) >= 11 is 3.49. The smallest absolute Gasteiger partial charge is 0.135 e. The van der Waals surface area contributed by atoms with Crippen LogP contribution in [0.15, 0.2) is 35.1 Å². The number of rotatable bonds is 5. The number of aryl methyl sites for hydroxylation is 1. The Hall–Kier alpha value is -1.66. The van der Waals surface area contributed by atoms with Gasteiger partial charge in [0.05, 0.1) is 0 Å². The van der Waals surface area contributed by atoms with Crippen LogP contribution in [0.4, 0.5) is 17.3 Å². The predicted octanol–water partition coefficient (Wildman–Crippen LogP) is 3.05. The summed E-state index contributed by atoms with van der Waals surface area (Å²) in [5.74, 6) is 1.50. The average molecular weight is 336 g/mol. The highest BCUT2D eigenvalue weighted by atomic mass is 79.9. The number of hydrogen-bond donors (Lipinski definition) is 3. The third kappa shape index (κ3) is 3.91. The zero-order chi connectivity index (χ0) is 14.5. The van der Waals surface area contributed by atoms with Gasteiger partial charge in [-0.1, -0.05) is 15.9 Å². The van der Waals surface area contributed by atoms with E-state index >= 15 is 0 Å². The fourth-order valence-corrected chi connectivity index (χ4v) is 1.93. The minimum Gasteiger partial charge on any atom is -0.366 e. The molecule has 0 radical (unpaired) electrons. The van der Waals surface area contributed by atoms with Crippen molar-refractivity contribution in [3.8, 4) is 0 Å². The van der Waals surface area contributed by atoms with Crippen molar-refractivity contribution < 1.29 is 0 Å². The number of anilines is 3. The molecule has 0 aliphatic carbocycles. The molecule has 0 saturated heterocycles. The Labute approximate surface area is 127 Å². The first-order chi connectivity index (χ1) is 9.58. The molecular weight excluding hydrogens is 318 g/mol. The van der Waals surface area contributed by atoms with E-state index in [0.29, 0.717) is 6.54 Å². The van der Waals surface area contributed by atoms with E-state index in [0.717, 1.165) is 21.8 Å². The van der Waals surface area contributed by atoms with Crippen molar-refractivity contribution in [1.82, 2.24) is 9.97 Å². The molecule has 0 amide bonds. The SMILES string of the molecule is Cc1cc(Nc2cc(NC(C)CN)ncn2)ccc1Br. The molecule has 4 N–H and O–H groups in total. The van der Waals surface area contributed by atoms with E-state index in [1.165, 1.54) is 11.9 Å². The van der Waals surface area contributed by atoms with Crippen LogP contribution in [0.1, 0.15) is 12.5 Å². The number of nitrogens with two attached hydrogens (primary N) is 1. The van der Waals surface area contributed by atoms with Gasteiger partial charge in [-0.05, 0) is 37.6 Å². The first-order valence-electron chi connectivity index (χ1n) is 6.40. The number of nitrogens with one attached hydrogen (secondary N) is 2. The number of nitrogens with zero attached hydrogens (tertiary/aromatic N) is 2. The molecule has 106 valence electrons. The fourth-order valence-electron chi connectivity index (χ4n) is 1.69. The van der Waals surface area contributed by atoms with Crippen molar-refractivity contribution in [2.75, 3.05) is 17.2 Å². The molecule has 1 atom stereocenters. The molecule has 5 nitrogen and oxygen atoms in total. The van der Waals surface area contributed by atoms with E-state index in [-0.39, 0.29) is 6.04 Å². The van der Waals surface area contributed by atoms with Gasteiger partial charge in [0.1, 0.15) is 18.0 Å². The molecular formula is C14H18BrN5. The van der Waals surface area contributed by atoms with E-state index in [4.69, 9.17) is 5.73 Å². The molecule has 20 heavy (non-hydrogen) atoms. The molecule has 0 aliphatic heterocycles. The van der Waals surface area contributed by atoms with Crippen molar-refractivity contribution in [2.45, 2.75) is 19.9 Å². The second-order valence-electron chi connectivity index (χ2n) is 4.66. The number of benzene rings is 1. The number of halogens is 1. The van der Waals surface area contributed by atoms with Gasteiger partial charge in [0.2, 0.25) is 0 Å². The molecule has 0 spiro atoms. The molecule has 0 bridgehead atoms. The lowest BCUT2D eigenvalue weighted by molar-refractivity contribution is 0.797. The second-order valence-corrected chi connectivity index (χ2v) is 5.51.